The van der Waals surface area contributed by atoms with Crippen LogP contribution in [0, 0.1) is 0 Å². The van der Waals surface area contributed by atoms with E-state index in [9.17, 15) is 9.59 Å². The van der Waals surface area contributed by atoms with Crippen LogP contribution >= 0.6 is 11.6 Å². The Kier molecular flexibility index (Phi) is 4.00. The number of amides is 1. The normalized spacial score (nSPS) is 12.5. The van der Waals surface area contributed by atoms with Gasteiger partial charge >= 0.3 is 0 Å². The van der Waals surface area contributed by atoms with Gasteiger partial charge in [-0.2, -0.15) is 5.10 Å². The Balaban J connectivity index is 1.57. The summed E-state index contributed by atoms with van der Waals surface area (Å²) in [4.78, 5) is 25.1. The van der Waals surface area contributed by atoms with Gasteiger partial charge in [-0.25, -0.2) is 4.68 Å². The number of fused-ring (bicyclic) bond motifs is 3. The highest BCUT2D eigenvalue weighted by Gasteiger charge is 2.19. The van der Waals surface area contributed by atoms with Crippen LogP contribution in [-0.4, -0.2) is 20.1 Å². The molecule has 4 rings (SSSR count). The van der Waals surface area contributed by atoms with E-state index in [1.54, 1.807) is 41.9 Å². The maximum atomic E-state index is 12.7. The molecule has 132 valence electrons. The minimum Gasteiger partial charge on any atom is -0.463 e. The fourth-order valence-electron chi connectivity index (χ4n) is 2.84. The fourth-order valence-corrected chi connectivity index (χ4v) is 2.96. The van der Waals surface area contributed by atoms with Crippen molar-refractivity contribution >= 4 is 34.1 Å². The Morgan fingerprint density at radius 2 is 2.04 bits per heavy atom. The van der Waals surface area contributed by atoms with Crippen molar-refractivity contribution in [2.75, 3.05) is 0 Å². The molecule has 0 aliphatic rings. The third kappa shape index (κ3) is 2.76. The molecule has 0 saturated heterocycles. The molecule has 0 fully saturated rings. The minimum atomic E-state index is -0.749. The number of carbonyl (C=O) groups excluding carboxylic acids is 1. The minimum absolute atomic E-state index is 0.297. The van der Waals surface area contributed by atoms with E-state index in [2.05, 4.69) is 10.4 Å². The van der Waals surface area contributed by atoms with Crippen LogP contribution in [0.15, 0.2) is 58.2 Å². The Bertz CT molecular complexity index is 1160. The lowest BCUT2D eigenvalue weighted by molar-refractivity contribution is -0.124. The molecule has 0 aliphatic heterocycles. The number of furan rings is 1. The molecule has 7 nitrogen and oxygen atoms in total. The molecule has 0 spiro atoms. The first-order chi connectivity index (χ1) is 12.5. The van der Waals surface area contributed by atoms with Crippen molar-refractivity contribution in [3.63, 3.8) is 0 Å². The van der Waals surface area contributed by atoms with Gasteiger partial charge < -0.3 is 9.73 Å². The van der Waals surface area contributed by atoms with E-state index < -0.39 is 6.04 Å². The van der Waals surface area contributed by atoms with Gasteiger partial charge in [-0.15, -0.1) is 0 Å². The van der Waals surface area contributed by atoms with E-state index in [1.807, 2.05) is 12.1 Å². The van der Waals surface area contributed by atoms with Crippen LogP contribution in [0.2, 0.25) is 5.02 Å². The highest BCUT2D eigenvalue weighted by atomic mass is 35.5. The second-order valence-electron chi connectivity index (χ2n) is 5.97. The second kappa shape index (κ2) is 6.34. The van der Waals surface area contributed by atoms with Crippen LogP contribution in [0.1, 0.15) is 18.5 Å². The van der Waals surface area contributed by atoms with Crippen molar-refractivity contribution in [1.82, 2.24) is 19.5 Å². The lowest BCUT2D eigenvalue weighted by Gasteiger charge is -2.14. The molecule has 0 unspecified atom stereocenters. The smallest absolute Gasteiger partial charge is 0.291 e. The molecule has 1 amide bonds. The van der Waals surface area contributed by atoms with E-state index in [0.29, 0.717) is 22.7 Å². The van der Waals surface area contributed by atoms with Gasteiger partial charge in [0.15, 0.2) is 5.58 Å². The van der Waals surface area contributed by atoms with Gasteiger partial charge in [0.2, 0.25) is 5.91 Å². The van der Waals surface area contributed by atoms with Crippen LogP contribution in [-0.2, 0) is 11.3 Å². The summed E-state index contributed by atoms with van der Waals surface area (Å²) < 4.78 is 8.14. The highest BCUT2D eigenvalue weighted by Crippen LogP contribution is 2.18. The first-order valence-corrected chi connectivity index (χ1v) is 8.40. The SMILES string of the molecule is C[C@H](C(=O)NCc1ccc(Cl)cc1)n1ncn2c(cc3occc32)c1=O. The molecular formula is C18H15ClN4O3. The highest BCUT2D eigenvalue weighted by molar-refractivity contribution is 6.30. The standard InChI is InChI=1S/C18H15ClN4O3/c1-11(17(24)20-9-12-2-4-13(19)5-3-12)23-18(25)15-8-16-14(6-7-26-16)22(15)10-21-23/h2-8,10-11H,9H2,1H3,(H,20,24)/t11-/m1/s1. The number of benzene rings is 1. The van der Waals surface area contributed by atoms with Crippen molar-refractivity contribution in [2.45, 2.75) is 19.5 Å². The van der Waals surface area contributed by atoms with E-state index >= 15 is 0 Å². The van der Waals surface area contributed by atoms with Gasteiger partial charge in [0.05, 0.1) is 11.8 Å². The quantitative estimate of drug-likeness (QED) is 0.599. The molecular weight excluding hydrogens is 356 g/mol. The van der Waals surface area contributed by atoms with Gasteiger partial charge in [-0.3, -0.25) is 14.0 Å². The van der Waals surface area contributed by atoms with Crippen LogP contribution < -0.4 is 10.9 Å². The topological polar surface area (TPSA) is 81.5 Å². The van der Waals surface area contributed by atoms with E-state index in [4.69, 9.17) is 16.0 Å². The third-order valence-corrected chi connectivity index (χ3v) is 4.56. The monoisotopic (exact) mass is 370 g/mol. The number of nitrogens with one attached hydrogen (secondary N) is 1. The second-order valence-corrected chi connectivity index (χ2v) is 6.41. The first kappa shape index (κ1) is 16.4. The molecule has 3 heterocycles. The average molecular weight is 371 g/mol. The number of nitrogens with zero attached hydrogens (tertiary/aromatic N) is 3. The molecule has 1 atom stereocenters. The predicted octanol–water partition coefficient (Wildman–Crippen LogP) is 2.77. The zero-order valence-electron chi connectivity index (χ0n) is 13.8. The molecule has 0 bridgehead atoms. The number of rotatable bonds is 4. The van der Waals surface area contributed by atoms with Crippen molar-refractivity contribution in [3.05, 3.63) is 69.9 Å². The molecule has 26 heavy (non-hydrogen) atoms. The maximum Gasteiger partial charge on any atom is 0.291 e. The molecule has 1 aromatic carbocycles. The van der Waals surface area contributed by atoms with E-state index in [0.717, 1.165) is 11.1 Å². The average Bonchev–Trinajstić information content (AvgIpc) is 3.23. The molecule has 0 radical (unpaired) electrons. The Labute approximate surface area is 152 Å². The zero-order chi connectivity index (χ0) is 18.3. The fraction of sp³-hybridized carbons (Fsp3) is 0.167. The first-order valence-electron chi connectivity index (χ1n) is 8.03. The van der Waals surface area contributed by atoms with Gasteiger partial charge in [-0.1, -0.05) is 23.7 Å². The van der Waals surface area contributed by atoms with Gasteiger partial charge in [0.25, 0.3) is 5.56 Å². The zero-order valence-corrected chi connectivity index (χ0v) is 14.6. The molecule has 0 aliphatic carbocycles. The molecule has 4 aromatic rings. The molecule has 1 N–H and O–H groups in total. The lowest BCUT2D eigenvalue weighted by Crippen LogP contribution is -2.37. The lowest BCUT2D eigenvalue weighted by atomic mass is 10.2. The van der Waals surface area contributed by atoms with Crippen LogP contribution in [0.4, 0.5) is 0 Å². The summed E-state index contributed by atoms with van der Waals surface area (Å²) >= 11 is 5.85. The number of aromatic nitrogens is 3. The number of halogens is 1. The summed E-state index contributed by atoms with van der Waals surface area (Å²) in [6, 6.07) is 9.84. The summed E-state index contributed by atoms with van der Waals surface area (Å²) in [6.45, 7) is 1.98. The summed E-state index contributed by atoms with van der Waals surface area (Å²) in [5.74, 6) is -0.297. The predicted molar refractivity (Wildman–Crippen MR) is 97.2 cm³/mol. The number of hydrogen-bond donors (Lipinski definition) is 1. The number of hydrogen-bond acceptors (Lipinski definition) is 4. The van der Waals surface area contributed by atoms with Gasteiger partial charge in [-0.05, 0) is 24.6 Å². The summed E-state index contributed by atoms with van der Waals surface area (Å²) in [7, 11) is 0. The Hall–Kier alpha value is -3.06. The van der Waals surface area contributed by atoms with Crippen LogP contribution in [0.3, 0.4) is 0 Å². The molecule has 3 aromatic heterocycles. The summed E-state index contributed by atoms with van der Waals surface area (Å²) in [5.41, 5.74) is 2.33. The van der Waals surface area contributed by atoms with Crippen molar-refractivity contribution < 1.29 is 9.21 Å². The third-order valence-electron chi connectivity index (χ3n) is 4.31. The largest absolute Gasteiger partial charge is 0.463 e. The maximum absolute atomic E-state index is 12.7. The number of carbonyl (C=O) groups is 1. The van der Waals surface area contributed by atoms with Gasteiger partial charge in [0.1, 0.15) is 17.9 Å². The summed E-state index contributed by atoms with van der Waals surface area (Å²) in [5, 5.41) is 7.58. The van der Waals surface area contributed by atoms with Crippen LogP contribution in [0.5, 0.6) is 0 Å². The van der Waals surface area contributed by atoms with Crippen molar-refractivity contribution in [2.24, 2.45) is 0 Å². The van der Waals surface area contributed by atoms with E-state index in [-0.39, 0.29) is 11.5 Å². The van der Waals surface area contributed by atoms with Crippen molar-refractivity contribution in [3.8, 4) is 0 Å². The molecule has 0 saturated carbocycles. The van der Waals surface area contributed by atoms with Crippen molar-refractivity contribution in [1.29, 1.82) is 0 Å². The van der Waals surface area contributed by atoms with Crippen LogP contribution in [0.25, 0.3) is 16.6 Å². The summed E-state index contributed by atoms with van der Waals surface area (Å²) in [6.07, 6.45) is 3.06. The van der Waals surface area contributed by atoms with E-state index in [1.165, 1.54) is 11.0 Å². The Morgan fingerprint density at radius 1 is 1.27 bits per heavy atom. The molecule has 8 heteroatoms. The van der Waals surface area contributed by atoms with Gasteiger partial charge in [0, 0.05) is 23.7 Å². The Morgan fingerprint density at radius 3 is 2.81 bits per heavy atom.